The van der Waals surface area contributed by atoms with Gasteiger partial charge in [-0.1, -0.05) is 24.3 Å². The van der Waals surface area contributed by atoms with E-state index in [9.17, 15) is 13.2 Å². The molecule has 0 atom stereocenters. The summed E-state index contributed by atoms with van der Waals surface area (Å²) in [4.78, 5) is 15.9. The summed E-state index contributed by atoms with van der Waals surface area (Å²) >= 11 is 0. The number of carbonyl (C=O) groups is 1. The second-order valence-corrected chi connectivity index (χ2v) is 7.64. The van der Waals surface area contributed by atoms with Crippen LogP contribution in [0, 0.1) is 0 Å². The lowest BCUT2D eigenvalue weighted by molar-refractivity contribution is 0.0963. The van der Waals surface area contributed by atoms with Gasteiger partial charge in [-0.2, -0.15) is 0 Å². The minimum absolute atomic E-state index is 0. The van der Waals surface area contributed by atoms with Crippen LogP contribution in [-0.2, 0) is 23.0 Å². The minimum atomic E-state index is -3.73. The molecule has 10 heteroatoms. The molecule has 0 unspecified atom stereocenters. The fraction of sp³-hybridized carbons (Fsp3) is 0.263. The van der Waals surface area contributed by atoms with Crippen LogP contribution in [-0.4, -0.2) is 40.9 Å². The number of hydrogen-bond acceptors (Lipinski definition) is 4. The molecule has 2 aromatic carbocycles. The van der Waals surface area contributed by atoms with Gasteiger partial charge in [-0.3, -0.25) is 9.79 Å². The Morgan fingerprint density at radius 1 is 1.07 bits per heavy atom. The normalized spacial score (nSPS) is 11.3. The molecular weight excluding hydrogens is 505 g/mol. The lowest BCUT2D eigenvalue weighted by Crippen LogP contribution is -2.37. The Morgan fingerprint density at radius 2 is 1.76 bits per heavy atom. The van der Waals surface area contributed by atoms with Crippen LogP contribution in [0.5, 0.6) is 0 Å². The number of halogens is 1. The first-order valence-electron chi connectivity index (χ1n) is 8.71. The van der Waals surface area contributed by atoms with Crippen LogP contribution >= 0.6 is 24.0 Å². The molecule has 2 aromatic rings. The molecule has 0 saturated carbocycles. The average Bonchev–Trinajstić information content (AvgIpc) is 2.69. The van der Waals surface area contributed by atoms with E-state index in [0.29, 0.717) is 31.0 Å². The molecule has 29 heavy (non-hydrogen) atoms. The lowest BCUT2D eigenvalue weighted by atomic mass is 10.1. The van der Waals surface area contributed by atoms with Crippen molar-refractivity contribution in [3.63, 3.8) is 0 Å². The zero-order chi connectivity index (χ0) is 20.6. The van der Waals surface area contributed by atoms with Crippen LogP contribution in [0.15, 0.2) is 58.4 Å². The maximum Gasteiger partial charge on any atom is 0.251 e. The van der Waals surface area contributed by atoms with Crippen molar-refractivity contribution in [1.29, 1.82) is 0 Å². The fourth-order valence-corrected chi connectivity index (χ4v) is 3.16. The number of sulfonamides is 1. The Balaban J connectivity index is 0.00000420. The standard InChI is InChI=1S/C19H25N5O3S.HI/c1-21-18(25)16-7-3-5-14(11-16)9-10-23-19(22-2)24-13-15-6-4-8-17(12-15)28(20,26)27;/h3-8,11-12H,9-10,13H2,1-2H3,(H,21,25)(H2,20,26,27)(H2,22,23,24);1H. The summed E-state index contributed by atoms with van der Waals surface area (Å²) in [5.74, 6) is 0.470. The average molecular weight is 531 g/mol. The van der Waals surface area contributed by atoms with Gasteiger partial charge in [0, 0.05) is 32.7 Å². The molecule has 0 aliphatic carbocycles. The fourth-order valence-electron chi connectivity index (χ4n) is 2.58. The Morgan fingerprint density at radius 3 is 2.41 bits per heavy atom. The topological polar surface area (TPSA) is 126 Å². The first-order valence-corrected chi connectivity index (χ1v) is 10.3. The molecule has 0 radical (unpaired) electrons. The number of nitrogens with one attached hydrogen (secondary N) is 3. The molecule has 0 fully saturated rings. The van der Waals surface area contributed by atoms with Crippen molar-refractivity contribution in [1.82, 2.24) is 16.0 Å². The van der Waals surface area contributed by atoms with Crippen LogP contribution in [0.4, 0.5) is 0 Å². The van der Waals surface area contributed by atoms with Crippen molar-refractivity contribution >= 4 is 45.9 Å². The van der Waals surface area contributed by atoms with Crippen LogP contribution in [0.1, 0.15) is 21.5 Å². The summed E-state index contributed by atoms with van der Waals surface area (Å²) in [7, 11) is -0.471. The number of carbonyl (C=O) groups excluding carboxylic acids is 1. The summed E-state index contributed by atoms with van der Waals surface area (Å²) in [6.07, 6.45) is 0.715. The summed E-state index contributed by atoms with van der Waals surface area (Å²) in [6.45, 7) is 1.02. The van der Waals surface area contributed by atoms with Gasteiger partial charge in [0.1, 0.15) is 0 Å². The van der Waals surface area contributed by atoms with E-state index in [2.05, 4.69) is 20.9 Å². The third kappa shape index (κ3) is 7.99. The molecule has 0 spiro atoms. The first kappa shape index (κ1) is 24.9. The molecular formula is C19H26IN5O3S. The number of nitrogens with zero attached hydrogens (tertiary/aromatic N) is 1. The Labute approximate surface area is 188 Å². The van der Waals surface area contributed by atoms with Crippen molar-refractivity contribution < 1.29 is 13.2 Å². The molecule has 1 amide bonds. The highest BCUT2D eigenvalue weighted by Crippen LogP contribution is 2.09. The number of hydrogen-bond donors (Lipinski definition) is 4. The van der Waals surface area contributed by atoms with Crippen molar-refractivity contribution in [2.45, 2.75) is 17.9 Å². The van der Waals surface area contributed by atoms with Gasteiger partial charge in [-0.25, -0.2) is 13.6 Å². The van der Waals surface area contributed by atoms with E-state index in [1.165, 1.54) is 12.1 Å². The van der Waals surface area contributed by atoms with Gasteiger partial charge in [0.25, 0.3) is 5.91 Å². The summed E-state index contributed by atoms with van der Waals surface area (Å²) in [5.41, 5.74) is 2.43. The molecule has 0 aliphatic heterocycles. The van der Waals surface area contributed by atoms with E-state index in [4.69, 9.17) is 5.14 Å². The van der Waals surface area contributed by atoms with Crippen LogP contribution in [0.3, 0.4) is 0 Å². The second kappa shape index (κ2) is 11.7. The molecule has 0 bridgehead atoms. The number of benzene rings is 2. The van der Waals surface area contributed by atoms with Gasteiger partial charge >= 0.3 is 0 Å². The zero-order valence-corrected chi connectivity index (χ0v) is 19.5. The van der Waals surface area contributed by atoms with Crippen LogP contribution in [0.25, 0.3) is 0 Å². The number of amides is 1. The Kier molecular flexibility index (Phi) is 10.1. The second-order valence-electron chi connectivity index (χ2n) is 6.07. The van der Waals surface area contributed by atoms with Gasteiger partial charge in [0.05, 0.1) is 4.90 Å². The molecule has 0 aliphatic rings. The maximum absolute atomic E-state index is 11.7. The highest BCUT2D eigenvalue weighted by atomic mass is 127. The number of nitrogens with two attached hydrogens (primary N) is 1. The predicted octanol–water partition coefficient (Wildman–Crippen LogP) is 1.22. The van der Waals surface area contributed by atoms with Crippen LogP contribution in [0.2, 0.25) is 0 Å². The van der Waals surface area contributed by atoms with Gasteiger partial charge in [0.2, 0.25) is 10.0 Å². The number of guanidine groups is 1. The quantitative estimate of drug-likeness (QED) is 0.243. The first-order chi connectivity index (χ1) is 13.3. The highest BCUT2D eigenvalue weighted by molar-refractivity contribution is 14.0. The maximum atomic E-state index is 11.7. The summed E-state index contributed by atoms with van der Waals surface area (Å²) in [6, 6.07) is 13.9. The minimum Gasteiger partial charge on any atom is -0.356 e. The van der Waals surface area contributed by atoms with Gasteiger partial charge in [0.15, 0.2) is 5.96 Å². The third-order valence-electron chi connectivity index (χ3n) is 4.03. The SMILES string of the molecule is CN=C(NCCc1cccc(C(=O)NC)c1)NCc1cccc(S(N)(=O)=O)c1.I. The molecule has 5 N–H and O–H groups in total. The zero-order valence-electron chi connectivity index (χ0n) is 16.3. The Bertz CT molecular complexity index is 964. The van der Waals surface area contributed by atoms with Crippen molar-refractivity contribution in [3.05, 3.63) is 65.2 Å². The van der Waals surface area contributed by atoms with Gasteiger partial charge < -0.3 is 16.0 Å². The van der Waals surface area contributed by atoms with E-state index < -0.39 is 10.0 Å². The van der Waals surface area contributed by atoms with E-state index in [-0.39, 0.29) is 34.8 Å². The molecule has 0 aromatic heterocycles. The molecule has 0 saturated heterocycles. The number of rotatable bonds is 7. The summed E-state index contributed by atoms with van der Waals surface area (Å²) in [5, 5.41) is 14.1. The largest absolute Gasteiger partial charge is 0.356 e. The monoisotopic (exact) mass is 531 g/mol. The molecule has 158 valence electrons. The van der Waals surface area contributed by atoms with Gasteiger partial charge in [-0.05, 0) is 41.8 Å². The molecule has 0 heterocycles. The van der Waals surface area contributed by atoms with Crippen molar-refractivity contribution in [2.75, 3.05) is 20.6 Å². The predicted molar refractivity (Wildman–Crippen MR) is 125 cm³/mol. The summed E-state index contributed by atoms with van der Waals surface area (Å²) < 4.78 is 22.9. The molecule has 2 rings (SSSR count). The Hall–Kier alpha value is -2.18. The van der Waals surface area contributed by atoms with E-state index in [0.717, 1.165) is 11.1 Å². The third-order valence-corrected chi connectivity index (χ3v) is 4.94. The van der Waals surface area contributed by atoms with Crippen molar-refractivity contribution in [3.8, 4) is 0 Å². The number of aliphatic imine (C=N–C) groups is 1. The van der Waals surface area contributed by atoms with E-state index >= 15 is 0 Å². The highest BCUT2D eigenvalue weighted by Gasteiger charge is 2.08. The lowest BCUT2D eigenvalue weighted by Gasteiger charge is -2.12. The molecule has 8 nitrogen and oxygen atoms in total. The smallest absolute Gasteiger partial charge is 0.251 e. The van der Waals surface area contributed by atoms with Crippen LogP contribution < -0.4 is 21.1 Å². The number of primary sulfonamides is 1. The van der Waals surface area contributed by atoms with E-state index in [1.54, 1.807) is 32.3 Å². The van der Waals surface area contributed by atoms with Gasteiger partial charge in [-0.15, -0.1) is 24.0 Å². The van der Waals surface area contributed by atoms with Crippen molar-refractivity contribution in [2.24, 2.45) is 10.1 Å². The van der Waals surface area contributed by atoms with E-state index in [1.807, 2.05) is 18.2 Å².